The zero-order chi connectivity index (χ0) is 26.0. The number of pyridine rings is 1. The molecular formula is C22H25ClF3N7O3. The second kappa shape index (κ2) is 10.3. The second-order valence-corrected chi connectivity index (χ2v) is 9.16. The number of nitrogens with zero attached hydrogens (tertiary/aromatic N) is 5. The molecule has 0 spiro atoms. The number of rotatable bonds is 5. The van der Waals surface area contributed by atoms with Gasteiger partial charge in [-0.05, 0) is 26.0 Å². The first-order chi connectivity index (χ1) is 17.0. The molecule has 0 radical (unpaired) electrons. The van der Waals surface area contributed by atoms with Crippen molar-refractivity contribution in [3.05, 3.63) is 40.9 Å². The van der Waals surface area contributed by atoms with Crippen LogP contribution in [0.2, 0.25) is 5.02 Å². The van der Waals surface area contributed by atoms with Crippen LogP contribution in [0.3, 0.4) is 0 Å². The summed E-state index contributed by atoms with van der Waals surface area (Å²) in [7, 11) is 0. The Morgan fingerprint density at radius 3 is 2.81 bits per heavy atom. The molecule has 36 heavy (non-hydrogen) atoms. The summed E-state index contributed by atoms with van der Waals surface area (Å²) in [6.45, 7) is 2.55. The molecule has 2 aliphatic heterocycles. The van der Waals surface area contributed by atoms with Crippen LogP contribution in [0.1, 0.15) is 31.2 Å². The molecule has 4 rings (SSSR count). The normalized spacial score (nSPS) is 19.6. The van der Waals surface area contributed by atoms with E-state index in [1.807, 2.05) is 5.32 Å². The predicted octanol–water partition coefficient (Wildman–Crippen LogP) is 2.80. The first kappa shape index (κ1) is 25.7. The Bertz CT molecular complexity index is 1130. The average Bonchev–Trinajstić information content (AvgIpc) is 3.24. The molecule has 2 atom stereocenters. The third-order valence-corrected chi connectivity index (χ3v) is 5.95. The number of fused-ring (bicyclic) bond motifs is 1. The standard InChI is InChI=1S/C22H25ClF3N7O3/c1-12(2)36-21(35)32-5-6-33(16(10-32)20(34)30-11-22(24,25)26)17-3-4-27-19(31-17)15-9-29-18-14(15)7-13(23)8-28-18/h3-4,7-8,12,15-16H,5-6,9-11H2,1-2H3,(H,28,29)(H,30,34)/t15?,16-/m0/s1. The van der Waals surface area contributed by atoms with Crippen molar-refractivity contribution in [1.82, 2.24) is 25.2 Å². The van der Waals surface area contributed by atoms with Crippen molar-refractivity contribution in [1.29, 1.82) is 0 Å². The highest BCUT2D eigenvalue weighted by atomic mass is 35.5. The number of hydrogen-bond acceptors (Lipinski definition) is 8. The summed E-state index contributed by atoms with van der Waals surface area (Å²) in [6, 6.07) is 2.24. The van der Waals surface area contributed by atoms with E-state index >= 15 is 0 Å². The molecule has 2 N–H and O–H groups in total. The van der Waals surface area contributed by atoms with E-state index in [9.17, 15) is 22.8 Å². The Morgan fingerprint density at radius 1 is 1.31 bits per heavy atom. The lowest BCUT2D eigenvalue weighted by Gasteiger charge is -2.41. The van der Waals surface area contributed by atoms with Crippen molar-refractivity contribution >= 4 is 35.2 Å². The molecule has 0 saturated carbocycles. The lowest BCUT2D eigenvalue weighted by atomic mass is 10.0. The molecule has 14 heteroatoms. The van der Waals surface area contributed by atoms with Gasteiger partial charge in [0, 0.05) is 37.6 Å². The molecule has 2 aromatic heterocycles. The summed E-state index contributed by atoms with van der Waals surface area (Å²) in [4.78, 5) is 41.4. The lowest BCUT2D eigenvalue weighted by molar-refractivity contribution is -0.139. The maximum absolute atomic E-state index is 12.9. The van der Waals surface area contributed by atoms with Gasteiger partial charge in [0.05, 0.1) is 23.6 Å². The molecule has 2 amide bonds. The third-order valence-electron chi connectivity index (χ3n) is 5.74. The number of aromatic nitrogens is 3. The molecule has 2 aromatic rings. The van der Waals surface area contributed by atoms with Gasteiger partial charge in [-0.15, -0.1) is 0 Å². The van der Waals surface area contributed by atoms with Crippen molar-refractivity contribution in [3.8, 4) is 0 Å². The molecule has 1 fully saturated rings. The minimum atomic E-state index is -4.58. The van der Waals surface area contributed by atoms with Crippen LogP contribution < -0.4 is 15.5 Å². The summed E-state index contributed by atoms with van der Waals surface area (Å²) >= 11 is 6.11. The van der Waals surface area contributed by atoms with Gasteiger partial charge < -0.3 is 25.2 Å². The number of carbonyl (C=O) groups is 2. The van der Waals surface area contributed by atoms with Crippen LogP contribution in [-0.2, 0) is 9.53 Å². The molecule has 1 unspecified atom stereocenters. The topological polar surface area (TPSA) is 113 Å². The largest absolute Gasteiger partial charge is 0.447 e. The number of carbonyl (C=O) groups excluding carboxylic acids is 2. The maximum atomic E-state index is 12.9. The molecule has 1 saturated heterocycles. The first-order valence-electron chi connectivity index (χ1n) is 11.3. The summed E-state index contributed by atoms with van der Waals surface area (Å²) in [6.07, 6.45) is -2.55. The van der Waals surface area contributed by atoms with Crippen LogP contribution in [0.5, 0.6) is 0 Å². The van der Waals surface area contributed by atoms with Gasteiger partial charge in [-0.1, -0.05) is 11.6 Å². The number of hydrogen-bond donors (Lipinski definition) is 2. The van der Waals surface area contributed by atoms with E-state index in [0.29, 0.717) is 29.0 Å². The van der Waals surface area contributed by atoms with Gasteiger partial charge in [-0.25, -0.2) is 19.7 Å². The fourth-order valence-electron chi connectivity index (χ4n) is 4.13. The van der Waals surface area contributed by atoms with E-state index in [-0.39, 0.29) is 31.7 Å². The Hall–Kier alpha value is -3.35. The molecule has 0 bridgehead atoms. The van der Waals surface area contributed by atoms with Crippen LogP contribution in [-0.4, -0.2) is 82.9 Å². The quantitative estimate of drug-likeness (QED) is 0.610. The van der Waals surface area contributed by atoms with Crippen LogP contribution in [0.4, 0.5) is 29.6 Å². The van der Waals surface area contributed by atoms with Crippen molar-refractivity contribution in [3.63, 3.8) is 0 Å². The molecule has 194 valence electrons. The van der Waals surface area contributed by atoms with Crippen LogP contribution >= 0.6 is 11.6 Å². The van der Waals surface area contributed by atoms with Gasteiger partial charge >= 0.3 is 12.3 Å². The fraction of sp³-hybridized carbons (Fsp3) is 0.500. The zero-order valence-electron chi connectivity index (χ0n) is 19.5. The smallest absolute Gasteiger partial charge is 0.410 e. The number of alkyl halides is 3. The summed E-state index contributed by atoms with van der Waals surface area (Å²) in [5, 5.41) is 5.56. The number of halogens is 4. The minimum Gasteiger partial charge on any atom is -0.447 e. The molecule has 2 aliphatic rings. The summed E-state index contributed by atoms with van der Waals surface area (Å²) in [5.74, 6) is 0.329. The van der Waals surface area contributed by atoms with Gasteiger partial charge in [-0.3, -0.25) is 4.79 Å². The number of nitrogens with one attached hydrogen (secondary N) is 2. The van der Waals surface area contributed by atoms with E-state index in [4.69, 9.17) is 16.3 Å². The molecule has 4 heterocycles. The van der Waals surface area contributed by atoms with Gasteiger partial charge in [0.15, 0.2) is 0 Å². The Kier molecular flexibility index (Phi) is 7.38. The van der Waals surface area contributed by atoms with Gasteiger partial charge in [0.1, 0.15) is 30.0 Å². The highest BCUT2D eigenvalue weighted by Crippen LogP contribution is 2.35. The van der Waals surface area contributed by atoms with Crippen molar-refractivity contribution in [2.24, 2.45) is 0 Å². The van der Waals surface area contributed by atoms with E-state index in [1.165, 1.54) is 17.3 Å². The second-order valence-electron chi connectivity index (χ2n) is 8.72. The highest BCUT2D eigenvalue weighted by molar-refractivity contribution is 6.30. The third kappa shape index (κ3) is 5.89. The summed E-state index contributed by atoms with van der Waals surface area (Å²) in [5.41, 5.74) is 0.820. The Labute approximate surface area is 210 Å². The monoisotopic (exact) mass is 527 g/mol. The number of piperazine rings is 1. The van der Waals surface area contributed by atoms with Crippen LogP contribution in [0, 0.1) is 0 Å². The molecule has 0 aromatic carbocycles. The first-order valence-corrected chi connectivity index (χ1v) is 11.7. The molecular weight excluding hydrogens is 503 g/mol. The van der Waals surface area contributed by atoms with Gasteiger partial charge in [0.25, 0.3) is 0 Å². The average molecular weight is 528 g/mol. The molecule has 10 nitrogen and oxygen atoms in total. The van der Waals surface area contributed by atoms with Crippen molar-refractivity contribution in [2.45, 2.75) is 38.1 Å². The van der Waals surface area contributed by atoms with Gasteiger partial charge in [-0.2, -0.15) is 13.2 Å². The zero-order valence-corrected chi connectivity index (χ0v) is 20.3. The number of amides is 2. The number of ether oxygens (including phenoxy) is 1. The fourth-order valence-corrected chi connectivity index (χ4v) is 4.29. The minimum absolute atomic E-state index is 0.153. The van der Waals surface area contributed by atoms with Crippen LogP contribution in [0.15, 0.2) is 24.5 Å². The van der Waals surface area contributed by atoms with E-state index in [0.717, 1.165) is 5.56 Å². The van der Waals surface area contributed by atoms with E-state index < -0.39 is 30.8 Å². The predicted molar refractivity (Wildman–Crippen MR) is 125 cm³/mol. The van der Waals surface area contributed by atoms with Crippen molar-refractivity contribution in [2.75, 3.05) is 42.9 Å². The van der Waals surface area contributed by atoms with E-state index in [2.05, 4.69) is 20.3 Å². The lowest BCUT2D eigenvalue weighted by Crippen LogP contribution is -2.61. The maximum Gasteiger partial charge on any atom is 0.410 e. The SMILES string of the molecule is CC(C)OC(=O)N1CCN(c2ccnc(C3CNc4ncc(Cl)cc43)n2)[C@H](C(=O)NCC(F)(F)F)C1. The highest BCUT2D eigenvalue weighted by Gasteiger charge is 2.38. The Balaban J connectivity index is 1.60. The van der Waals surface area contributed by atoms with Crippen LogP contribution in [0.25, 0.3) is 0 Å². The van der Waals surface area contributed by atoms with Crippen molar-refractivity contribution < 1.29 is 27.5 Å². The summed E-state index contributed by atoms with van der Waals surface area (Å²) < 4.78 is 43.5. The van der Waals surface area contributed by atoms with E-state index in [1.54, 1.807) is 30.9 Å². The van der Waals surface area contributed by atoms with Gasteiger partial charge in [0.2, 0.25) is 5.91 Å². The molecule has 0 aliphatic carbocycles. The Morgan fingerprint density at radius 2 is 2.08 bits per heavy atom. The number of anilines is 2.